The number of ether oxygens (including phenoxy) is 3. The van der Waals surface area contributed by atoms with Gasteiger partial charge in [-0.25, -0.2) is 0 Å². The number of rotatable bonds is 8. The number of para-hydroxylation sites is 2. The van der Waals surface area contributed by atoms with E-state index < -0.39 is 0 Å². The number of amides is 2. The number of nitrogens with one attached hydrogen (secondary N) is 1. The minimum Gasteiger partial charge on any atom is -0.490 e. The third-order valence-corrected chi connectivity index (χ3v) is 4.55. The summed E-state index contributed by atoms with van der Waals surface area (Å²) in [5.74, 6) is 1.42. The molecule has 0 fully saturated rings. The summed E-state index contributed by atoms with van der Waals surface area (Å²) in [6.07, 6.45) is 0. The van der Waals surface area contributed by atoms with Gasteiger partial charge in [-0.1, -0.05) is 18.2 Å². The van der Waals surface area contributed by atoms with Crippen LogP contribution in [0.2, 0.25) is 0 Å². The summed E-state index contributed by atoms with van der Waals surface area (Å²) in [5, 5.41) is 2.95. The zero-order valence-electron chi connectivity index (χ0n) is 16.9. The monoisotopic (exact) mass is 398 g/mol. The van der Waals surface area contributed by atoms with Crippen LogP contribution >= 0.6 is 0 Å². The Morgan fingerprint density at radius 3 is 2.62 bits per heavy atom. The predicted octanol–water partition coefficient (Wildman–Crippen LogP) is 3.09. The first-order valence-electron chi connectivity index (χ1n) is 9.74. The molecule has 1 aliphatic rings. The van der Waals surface area contributed by atoms with Gasteiger partial charge in [-0.3, -0.25) is 14.5 Å². The molecule has 1 atom stereocenters. The Morgan fingerprint density at radius 1 is 1.14 bits per heavy atom. The number of fused-ring (bicyclic) bond motifs is 1. The lowest BCUT2D eigenvalue weighted by Crippen LogP contribution is -2.45. The predicted molar refractivity (Wildman–Crippen MR) is 110 cm³/mol. The molecule has 0 saturated carbocycles. The Kier molecular flexibility index (Phi) is 6.59. The van der Waals surface area contributed by atoms with Crippen LogP contribution in [0.25, 0.3) is 0 Å². The van der Waals surface area contributed by atoms with Gasteiger partial charge in [0.2, 0.25) is 5.91 Å². The highest BCUT2D eigenvalue weighted by Crippen LogP contribution is 2.32. The largest absolute Gasteiger partial charge is 0.490 e. The maximum absolute atomic E-state index is 12.6. The summed E-state index contributed by atoms with van der Waals surface area (Å²) in [6, 6.07) is 12.5. The lowest BCUT2D eigenvalue weighted by Gasteiger charge is -2.29. The maximum atomic E-state index is 12.6. The van der Waals surface area contributed by atoms with Crippen LogP contribution in [0.1, 0.15) is 32.4 Å². The molecule has 1 heterocycles. The summed E-state index contributed by atoms with van der Waals surface area (Å²) >= 11 is 0. The second kappa shape index (κ2) is 9.32. The van der Waals surface area contributed by atoms with Gasteiger partial charge in [-0.2, -0.15) is 0 Å². The fourth-order valence-electron chi connectivity index (χ4n) is 3.18. The van der Waals surface area contributed by atoms with Crippen LogP contribution in [0.15, 0.2) is 42.5 Å². The summed E-state index contributed by atoms with van der Waals surface area (Å²) in [6.45, 7) is 6.62. The van der Waals surface area contributed by atoms with Crippen molar-refractivity contribution >= 4 is 17.5 Å². The first-order chi connectivity index (χ1) is 14.0. The van der Waals surface area contributed by atoms with E-state index in [4.69, 9.17) is 14.2 Å². The average Bonchev–Trinajstić information content (AvgIpc) is 2.71. The molecule has 3 rings (SSSR count). The van der Waals surface area contributed by atoms with E-state index in [1.165, 1.54) is 4.90 Å². The van der Waals surface area contributed by atoms with E-state index in [1.807, 2.05) is 51.1 Å². The Morgan fingerprint density at radius 2 is 1.86 bits per heavy atom. The third kappa shape index (κ3) is 4.80. The van der Waals surface area contributed by atoms with Crippen LogP contribution in [0.5, 0.6) is 17.2 Å². The van der Waals surface area contributed by atoms with Crippen molar-refractivity contribution in [3.05, 3.63) is 48.0 Å². The topological polar surface area (TPSA) is 77.1 Å². The molecule has 0 bridgehead atoms. The van der Waals surface area contributed by atoms with Crippen LogP contribution in [0, 0.1) is 0 Å². The summed E-state index contributed by atoms with van der Waals surface area (Å²) < 4.78 is 16.7. The number of benzene rings is 2. The van der Waals surface area contributed by atoms with Crippen LogP contribution in [-0.2, 0) is 9.59 Å². The molecule has 1 N–H and O–H groups in total. The van der Waals surface area contributed by atoms with E-state index in [2.05, 4.69) is 5.32 Å². The molecule has 2 aromatic carbocycles. The fourth-order valence-corrected chi connectivity index (χ4v) is 3.18. The minimum atomic E-state index is -0.260. The van der Waals surface area contributed by atoms with Gasteiger partial charge in [-0.15, -0.1) is 0 Å². The molecule has 154 valence electrons. The van der Waals surface area contributed by atoms with Crippen molar-refractivity contribution in [1.29, 1.82) is 0 Å². The molecule has 29 heavy (non-hydrogen) atoms. The minimum absolute atomic E-state index is 0.0705. The maximum Gasteiger partial charge on any atom is 0.265 e. The Balaban J connectivity index is 1.69. The number of carbonyl (C=O) groups is 2. The smallest absolute Gasteiger partial charge is 0.265 e. The Bertz CT molecular complexity index is 883. The molecule has 7 nitrogen and oxygen atoms in total. The van der Waals surface area contributed by atoms with Crippen molar-refractivity contribution in [3.8, 4) is 17.2 Å². The molecule has 2 amide bonds. The molecule has 1 unspecified atom stereocenters. The second-order valence-corrected chi connectivity index (χ2v) is 6.60. The number of nitrogens with zero attached hydrogens (tertiary/aromatic N) is 1. The highest BCUT2D eigenvalue weighted by molar-refractivity contribution is 6.02. The summed E-state index contributed by atoms with van der Waals surface area (Å²) in [5.41, 5.74) is 1.49. The van der Waals surface area contributed by atoms with Gasteiger partial charge < -0.3 is 19.5 Å². The van der Waals surface area contributed by atoms with Crippen molar-refractivity contribution in [3.63, 3.8) is 0 Å². The first-order valence-corrected chi connectivity index (χ1v) is 9.74. The van der Waals surface area contributed by atoms with Crippen LogP contribution < -0.4 is 24.4 Å². The summed E-state index contributed by atoms with van der Waals surface area (Å²) in [7, 11) is 0. The molecule has 1 aliphatic heterocycles. The molecule has 0 saturated heterocycles. The van der Waals surface area contributed by atoms with Crippen molar-refractivity contribution in [1.82, 2.24) is 5.32 Å². The molecular weight excluding hydrogens is 372 g/mol. The molecule has 0 aromatic heterocycles. The van der Waals surface area contributed by atoms with E-state index in [1.54, 1.807) is 12.1 Å². The van der Waals surface area contributed by atoms with Gasteiger partial charge in [0.15, 0.2) is 18.1 Å². The van der Waals surface area contributed by atoms with E-state index in [0.29, 0.717) is 36.1 Å². The normalized spacial score (nSPS) is 13.9. The van der Waals surface area contributed by atoms with Gasteiger partial charge in [0.1, 0.15) is 12.3 Å². The van der Waals surface area contributed by atoms with Crippen LogP contribution in [0.3, 0.4) is 0 Å². The van der Waals surface area contributed by atoms with Crippen molar-refractivity contribution in [2.75, 3.05) is 31.3 Å². The number of hydrogen-bond acceptors (Lipinski definition) is 5. The molecular formula is C22H26N2O5. The lowest BCUT2D eigenvalue weighted by atomic mass is 10.1. The lowest BCUT2D eigenvalue weighted by molar-refractivity contribution is -0.125. The van der Waals surface area contributed by atoms with Gasteiger partial charge in [0.25, 0.3) is 5.91 Å². The fraction of sp³-hybridized carbons (Fsp3) is 0.364. The molecule has 7 heteroatoms. The highest BCUT2D eigenvalue weighted by atomic mass is 16.5. The van der Waals surface area contributed by atoms with Gasteiger partial charge in [-0.05, 0) is 50.6 Å². The SMILES string of the molecule is CCOc1ccc(C(C)NC(=O)CN2C(=O)COc3ccccc32)cc1OCC. The van der Waals surface area contributed by atoms with E-state index in [-0.39, 0.29) is 31.0 Å². The molecule has 0 radical (unpaired) electrons. The van der Waals surface area contributed by atoms with Gasteiger partial charge in [0.05, 0.1) is 24.9 Å². The molecule has 2 aromatic rings. The zero-order valence-corrected chi connectivity index (χ0v) is 16.9. The first kappa shape index (κ1) is 20.5. The zero-order chi connectivity index (χ0) is 20.8. The van der Waals surface area contributed by atoms with E-state index in [9.17, 15) is 9.59 Å². The summed E-state index contributed by atoms with van der Waals surface area (Å²) in [4.78, 5) is 26.3. The van der Waals surface area contributed by atoms with Crippen molar-refractivity contribution < 1.29 is 23.8 Å². The Labute approximate surface area is 170 Å². The number of hydrogen-bond donors (Lipinski definition) is 1. The van der Waals surface area contributed by atoms with Gasteiger partial charge >= 0.3 is 0 Å². The highest BCUT2D eigenvalue weighted by Gasteiger charge is 2.27. The molecule has 0 spiro atoms. The number of carbonyl (C=O) groups excluding carboxylic acids is 2. The van der Waals surface area contributed by atoms with E-state index in [0.717, 1.165) is 5.56 Å². The Hall–Kier alpha value is -3.22. The second-order valence-electron chi connectivity index (χ2n) is 6.60. The quantitative estimate of drug-likeness (QED) is 0.739. The standard InChI is InChI=1S/C22H26N2O5/c1-4-27-19-11-10-16(12-20(19)28-5-2)15(3)23-21(25)13-24-17-8-6-7-9-18(17)29-14-22(24)26/h6-12,15H,4-5,13-14H2,1-3H3,(H,23,25). The molecule has 0 aliphatic carbocycles. The third-order valence-electron chi connectivity index (χ3n) is 4.55. The van der Waals surface area contributed by atoms with Gasteiger partial charge in [0, 0.05) is 0 Å². The van der Waals surface area contributed by atoms with E-state index >= 15 is 0 Å². The van der Waals surface area contributed by atoms with Crippen LogP contribution in [0.4, 0.5) is 5.69 Å². The number of anilines is 1. The average molecular weight is 398 g/mol. The van der Waals surface area contributed by atoms with Crippen molar-refractivity contribution in [2.45, 2.75) is 26.8 Å². The van der Waals surface area contributed by atoms with Crippen LogP contribution in [-0.4, -0.2) is 38.2 Å². The van der Waals surface area contributed by atoms with Crippen molar-refractivity contribution in [2.24, 2.45) is 0 Å².